The number of hydrogen-bond acceptors (Lipinski definition) is 5. The highest BCUT2D eigenvalue weighted by atomic mass is 16.6. The van der Waals surface area contributed by atoms with Gasteiger partial charge in [0.2, 0.25) is 0 Å². The minimum Gasteiger partial charge on any atom is -0.458 e. The maximum absolute atomic E-state index is 12.3. The van der Waals surface area contributed by atoms with Crippen LogP contribution in [0.5, 0.6) is 0 Å². The normalized spacial score (nSPS) is 37.6. The first-order valence-electron chi connectivity index (χ1n) is 8.52. The van der Waals surface area contributed by atoms with E-state index < -0.39 is 35.7 Å². The molecule has 5 atom stereocenters. The van der Waals surface area contributed by atoms with E-state index >= 15 is 0 Å². The molecule has 0 unspecified atom stereocenters. The first kappa shape index (κ1) is 17.7. The zero-order valence-corrected chi connectivity index (χ0v) is 15.0. The minimum atomic E-state index is -1.12. The second-order valence-corrected chi connectivity index (χ2v) is 7.31. The SMILES string of the molecule is C=C1C(=O)O[C@H]2[C@H]1[C@@H](OC(=O)/C(C)=C/C)CC(C)=C1C=C[C@@](C)(O)[C@@H]12. The van der Waals surface area contributed by atoms with Gasteiger partial charge in [0.1, 0.15) is 12.2 Å². The summed E-state index contributed by atoms with van der Waals surface area (Å²) in [5.74, 6) is -1.75. The van der Waals surface area contributed by atoms with Crippen LogP contribution < -0.4 is 0 Å². The van der Waals surface area contributed by atoms with Crippen LogP contribution in [0.15, 0.2) is 47.1 Å². The summed E-state index contributed by atoms with van der Waals surface area (Å²) >= 11 is 0. The molecule has 1 N–H and O–H groups in total. The van der Waals surface area contributed by atoms with Crippen molar-refractivity contribution in [1.29, 1.82) is 0 Å². The molecule has 1 aliphatic heterocycles. The Balaban J connectivity index is 2.03. The van der Waals surface area contributed by atoms with E-state index in [0.29, 0.717) is 17.6 Å². The largest absolute Gasteiger partial charge is 0.458 e. The minimum absolute atomic E-state index is 0.303. The molecule has 0 amide bonds. The first-order valence-corrected chi connectivity index (χ1v) is 8.52. The number of esters is 2. The lowest BCUT2D eigenvalue weighted by Gasteiger charge is -2.33. The number of hydrogen-bond donors (Lipinski definition) is 1. The summed E-state index contributed by atoms with van der Waals surface area (Å²) < 4.78 is 11.3. The molecule has 0 aromatic carbocycles. The van der Waals surface area contributed by atoms with E-state index in [1.807, 2.05) is 13.0 Å². The van der Waals surface area contributed by atoms with Gasteiger partial charge < -0.3 is 14.6 Å². The van der Waals surface area contributed by atoms with Gasteiger partial charge in [-0.3, -0.25) is 0 Å². The Morgan fingerprint density at radius 2 is 2.20 bits per heavy atom. The monoisotopic (exact) mass is 344 g/mol. The third kappa shape index (κ3) is 2.76. The van der Waals surface area contributed by atoms with E-state index in [1.54, 1.807) is 32.9 Å². The van der Waals surface area contributed by atoms with Crippen molar-refractivity contribution in [1.82, 2.24) is 0 Å². The molecule has 5 nitrogen and oxygen atoms in total. The van der Waals surface area contributed by atoms with Crippen LogP contribution in [0.2, 0.25) is 0 Å². The van der Waals surface area contributed by atoms with E-state index in [-0.39, 0.29) is 5.92 Å². The van der Waals surface area contributed by atoms with Gasteiger partial charge in [-0.15, -0.1) is 0 Å². The maximum atomic E-state index is 12.3. The van der Waals surface area contributed by atoms with Crippen molar-refractivity contribution in [3.05, 3.63) is 47.1 Å². The Bertz CT molecular complexity index is 737. The molecule has 1 saturated heterocycles. The summed E-state index contributed by atoms with van der Waals surface area (Å²) in [6, 6.07) is 0. The summed E-state index contributed by atoms with van der Waals surface area (Å²) in [7, 11) is 0. The van der Waals surface area contributed by atoms with E-state index in [4.69, 9.17) is 9.47 Å². The average molecular weight is 344 g/mol. The average Bonchev–Trinajstić information content (AvgIpc) is 2.97. The zero-order valence-electron chi connectivity index (χ0n) is 15.0. The van der Waals surface area contributed by atoms with Gasteiger partial charge in [-0.05, 0) is 33.3 Å². The molecule has 3 aliphatic rings. The van der Waals surface area contributed by atoms with Gasteiger partial charge in [0.05, 0.1) is 17.4 Å². The van der Waals surface area contributed by atoms with Crippen molar-refractivity contribution in [2.75, 3.05) is 0 Å². The lowest BCUT2D eigenvalue weighted by Crippen LogP contribution is -2.43. The summed E-state index contributed by atoms with van der Waals surface area (Å²) in [5.41, 5.74) is 1.66. The lowest BCUT2D eigenvalue weighted by atomic mass is 9.78. The Hall–Kier alpha value is -2.14. The van der Waals surface area contributed by atoms with Crippen LogP contribution in [-0.2, 0) is 19.1 Å². The Kier molecular flexibility index (Phi) is 4.23. The van der Waals surface area contributed by atoms with E-state index in [2.05, 4.69) is 6.58 Å². The number of aliphatic hydroxyl groups is 1. The molecule has 2 aliphatic carbocycles. The van der Waals surface area contributed by atoms with E-state index in [1.165, 1.54) is 0 Å². The molecule has 0 radical (unpaired) electrons. The van der Waals surface area contributed by atoms with Gasteiger partial charge in [-0.2, -0.15) is 0 Å². The molecule has 0 aromatic heterocycles. The fourth-order valence-electron chi connectivity index (χ4n) is 4.03. The number of rotatable bonds is 2. The van der Waals surface area contributed by atoms with Gasteiger partial charge in [0, 0.05) is 17.6 Å². The third-order valence-electron chi connectivity index (χ3n) is 5.57. The molecule has 1 heterocycles. The molecular weight excluding hydrogens is 320 g/mol. The fraction of sp³-hybridized carbons (Fsp3) is 0.500. The molecular formula is C20H24O5. The second-order valence-electron chi connectivity index (χ2n) is 7.31. The number of fused-ring (bicyclic) bond motifs is 3. The van der Waals surface area contributed by atoms with Gasteiger partial charge in [0.25, 0.3) is 0 Å². The van der Waals surface area contributed by atoms with Crippen LogP contribution in [-0.4, -0.2) is 34.9 Å². The first-order chi connectivity index (χ1) is 11.7. The summed E-state index contributed by atoms with van der Waals surface area (Å²) in [6.45, 7) is 11.0. The molecule has 0 bridgehead atoms. The molecule has 0 aromatic rings. The molecule has 3 rings (SSSR count). The molecule has 0 spiro atoms. The highest BCUT2D eigenvalue weighted by Crippen LogP contribution is 2.50. The smallest absolute Gasteiger partial charge is 0.334 e. The van der Waals surface area contributed by atoms with Crippen molar-refractivity contribution in [2.45, 2.75) is 51.9 Å². The second kappa shape index (κ2) is 5.99. The predicted octanol–water partition coefficient (Wildman–Crippen LogP) is 2.62. The van der Waals surface area contributed by atoms with Crippen molar-refractivity contribution < 1.29 is 24.2 Å². The third-order valence-corrected chi connectivity index (χ3v) is 5.57. The van der Waals surface area contributed by atoms with E-state index in [9.17, 15) is 14.7 Å². The van der Waals surface area contributed by atoms with Crippen LogP contribution in [0, 0.1) is 11.8 Å². The summed E-state index contributed by atoms with van der Waals surface area (Å²) in [4.78, 5) is 24.5. The fourth-order valence-corrected chi connectivity index (χ4v) is 4.03. The number of ether oxygens (including phenoxy) is 2. The quantitative estimate of drug-likeness (QED) is 0.616. The van der Waals surface area contributed by atoms with Crippen molar-refractivity contribution in [3.63, 3.8) is 0 Å². The van der Waals surface area contributed by atoms with Crippen LogP contribution in [0.1, 0.15) is 34.1 Å². The van der Waals surface area contributed by atoms with Crippen molar-refractivity contribution >= 4 is 11.9 Å². The Morgan fingerprint density at radius 3 is 2.84 bits per heavy atom. The van der Waals surface area contributed by atoms with Gasteiger partial charge in [0.15, 0.2) is 0 Å². The van der Waals surface area contributed by atoms with Crippen LogP contribution in [0.4, 0.5) is 0 Å². The lowest BCUT2D eigenvalue weighted by molar-refractivity contribution is -0.150. The number of allylic oxidation sites excluding steroid dienone is 2. The van der Waals surface area contributed by atoms with Gasteiger partial charge in [-0.25, -0.2) is 9.59 Å². The van der Waals surface area contributed by atoms with E-state index in [0.717, 1.165) is 11.1 Å². The van der Waals surface area contributed by atoms with Crippen molar-refractivity contribution in [3.8, 4) is 0 Å². The van der Waals surface area contributed by atoms with Crippen LogP contribution in [0.25, 0.3) is 0 Å². The Labute approximate surface area is 147 Å². The van der Waals surface area contributed by atoms with Crippen LogP contribution in [0.3, 0.4) is 0 Å². The van der Waals surface area contributed by atoms with Gasteiger partial charge >= 0.3 is 11.9 Å². The molecule has 25 heavy (non-hydrogen) atoms. The highest BCUT2D eigenvalue weighted by molar-refractivity contribution is 5.92. The zero-order chi connectivity index (χ0) is 18.5. The highest BCUT2D eigenvalue weighted by Gasteiger charge is 2.56. The Morgan fingerprint density at radius 1 is 1.52 bits per heavy atom. The topological polar surface area (TPSA) is 72.8 Å². The summed E-state index contributed by atoms with van der Waals surface area (Å²) in [6.07, 6.45) is 4.64. The number of carbonyl (C=O) groups is 2. The molecule has 0 saturated carbocycles. The van der Waals surface area contributed by atoms with Crippen LogP contribution >= 0.6 is 0 Å². The van der Waals surface area contributed by atoms with Crippen molar-refractivity contribution in [2.24, 2.45) is 11.8 Å². The summed E-state index contributed by atoms with van der Waals surface area (Å²) in [5, 5.41) is 10.8. The molecule has 5 heteroatoms. The standard InChI is InChI=1S/C20H24O5/c1-6-10(2)18(21)24-14-9-11(3)13-7-8-20(5,23)16(13)17-15(14)12(4)19(22)25-17/h6-8,14-17,23H,4,9H2,1-3,5H3/b10-6+/t14-,15+,16-,17-,20+/m0/s1. The maximum Gasteiger partial charge on any atom is 0.334 e. The predicted molar refractivity (Wildman–Crippen MR) is 92.4 cm³/mol. The molecule has 134 valence electrons. The van der Waals surface area contributed by atoms with Gasteiger partial charge in [-0.1, -0.05) is 30.4 Å². The molecule has 1 fully saturated rings. The number of carbonyl (C=O) groups excluding carboxylic acids is 2.